The van der Waals surface area contributed by atoms with E-state index in [4.69, 9.17) is 5.73 Å². The van der Waals surface area contributed by atoms with E-state index in [-0.39, 0.29) is 0 Å². The first-order chi connectivity index (χ1) is 9.54. The van der Waals surface area contributed by atoms with E-state index in [9.17, 15) is 0 Å². The van der Waals surface area contributed by atoms with E-state index in [2.05, 4.69) is 61.2 Å². The smallest absolute Gasteiger partial charge is 0.0437 e. The highest BCUT2D eigenvalue weighted by molar-refractivity contribution is 5.64. The van der Waals surface area contributed by atoms with E-state index < -0.39 is 0 Å². The molecule has 0 radical (unpaired) electrons. The van der Waals surface area contributed by atoms with E-state index in [0.29, 0.717) is 0 Å². The fourth-order valence-corrected chi connectivity index (χ4v) is 2.87. The second-order valence-electron chi connectivity index (χ2n) is 5.75. The number of nitrogens with two attached hydrogens (primary N) is 1. The Hall–Kier alpha value is -2.16. The predicted molar refractivity (Wildman–Crippen MR) is 86.2 cm³/mol. The van der Waals surface area contributed by atoms with Crippen molar-refractivity contribution < 1.29 is 0 Å². The van der Waals surface area contributed by atoms with Crippen LogP contribution in [0.1, 0.15) is 16.7 Å². The molecule has 0 spiro atoms. The molecule has 20 heavy (non-hydrogen) atoms. The average Bonchev–Trinajstić information content (AvgIpc) is 2.81. The van der Waals surface area contributed by atoms with Crippen LogP contribution in [0.3, 0.4) is 0 Å². The van der Waals surface area contributed by atoms with Gasteiger partial charge in [-0.1, -0.05) is 12.1 Å². The minimum Gasteiger partial charge on any atom is -0.399 e. The van der Waals surface area contributed by atoms with Gasteiger partial charge >= 0.3 is 0 Å². The third-order valence-electron chi connectivity index (χ3n) is 3.99. The van der Waals surface area contributed by atoms with Crippen LogP contribution in [0.2, 0.25) is 0 Å². The molecule has 0 unspecified atom stereocenters. The largest absolute Gasteiger partial charge is 0.399 e. The lowest BCUT2D eigenvalue weighted by molar-refractivity contribution is 0.879. The van der Waals surface area contributed by atoms with Crippen molar-refractivity contribution in [3.05, 3.63) is 53.1 Å². The number of benzene rings is 2. The summed E-state index contributed by atoms with van der Waals surface area (Å²) >= 11 is 0. The standard InChI is InChI=1S/C17H21N3/c1-12-4-7-16(9-17(12)19(2)3)20-10-13-5-6-15(18)8-14(13)11-20/h4-9H,10-11,18H2,1-3H3. The number of fused-ring (bicyclic) bond motifs is 1. The van der Waals surface area contributed by atoms with Gasteiger partial charge in [0.2, 0.25) is 0 Å². The monoisotopic (exact) mass is 267 g/mol. The van der Waals surface area contributed by atoms with Crippen LogP contribution >= 0.6 is 0 Å². The number of hydrogen-bond donors (Lipinski definition) is 1. The van der Waals surface area contributed by atoms with Gasteiger partial charge in [-0.25, -0.2) is 0 Å². The summed E-state index contributed by atoms with van der Waals surface area (Å²) in [6, 6.07) is 12.9. The molecule has 0 aliphatic carbocycles. The molecule has 2 N–H and O–H groups in total. The first-order valence-corrected chi connectivity index (χ1v) is 6.95. The molecule has 3 heteroatoms. The molecule has 0 saturated carbocycles. The summed E-state index contributed by atoms with van der Waals surface area (Å²) in [7, 11) is 4.18. The molecule has 0 atom stereocenters. The molecule has 1 aliphatic rings. The maximum absolute atomic E-state index is 5.87. The van der Waals surface area contributed by atoms with Gasteiger partial charge in [-0.3, -0.25) is 0 Å². The van der Waals surface area contributed by atoms with Crippen LogP contribution < -0.4 is 15.5 Å². The Labute approximate surface area is 120 Å². The highest BCUT2D eigenvalue weighted by Gasteiger charge is 2.19. The van der Waals surface area contributed by atoms with E-state index in [1.54, 1.807) is 0 Å². The summed E-state index contributed by atoms with van der Waals surface area (Å²) in [6.45, 7) is 4.06. The Kier molecular flexibility index (Phi) is 3.05. The minimum absolute atomic E-state index is 0.850. The molecule has 0 bridgehead atoms. The number of nitrogen functional groups attached to an aromatic ring is 1. The SMILES string of the molecule is Cc1ccc(N2Cc3ccc(N)cc3C2)cc1N(C)C. The predicted octanol–water partition coefficient (Wildman–Crippen LogP) is 3.16. The molecule has 3 rings (SSSR count). The third-order valence-corrected chi connectivity index (χ3v) is 3.99. The lowest BCUT2D eigenvalue weighted by atomic mass is 10.1. The Balaban J connectivity index is 1.91. The molecular formula is C17H21N3. The van der Waals surface area contributed by atoms with Gasteiger partial charge in [-0.05, 0) is 47.9 Å². The van der Waals surface area contributed by atoms with Crippen molar-refractivity contribution in [3.8, 4) is 0 Å². The van der Waals surface area contributed by atoms with Gasteiger partial charge in [0.15, 0.2) is 0 Å². The molecule has 0 saturated heterocycles. The zero-order chi connectivity index (χ0) is 14.3. The van der Waals surface area contributed by atoms with Crippen LogP contribution in [0.4, 0.5) is 17.1 Å². The molecule has 104 valence electrons. The number of aryl methyl sites for hydroxylation is 1. The summed E-state index contributed by atoms with van der Waals surface area (Å²) in [5.41, 5.74) is 13.3. The molecule has 0 amide bonds. The van der Waals surface area contributed by atoms with Gasteiger partial charge in [0.25, 0.3) is 0 Å². The number of anilines is 3. The van der Waals surface area contributed by atoms with Gasteiger partial charge in [0.1, 0.15) is 0 Å². The molecule has 0 aromatic heterocycles. The number of nitrogens with zero attached hydrogens (tertiary/aromatic N) is 2. The highest BCUT2D eigenvalue weighted by Crippen LogP contribution is 2.32. The van der Waals surface area contributed by atoms with Crippen molar-refractivity contribution in [2.45, 2.75) is 20.0 Å². The van der Waals surface area contributed by atoms with Gasteiger partial charge in [0, 0.05) is 44.2 Å². The summed E-state index contributed by atoms with van der Waals surface area (Å²) in [6.07, 6.45) is 0. The van der Waals surface area contributed by atoms with E-state index in [1.165, 1.54) is 28.1 Å². The Morgan fingerprint density at radius 3 is 2.50 bits per heavy atom. The summed E-state index contributed by atoms with van der Waals surface area (Å²) in [5, 5.41) is 0. The van der Waals surface area contributed by atoms with E-state index in [0.717, 1.165) is 18.8 Å². The van der Waals surface area contributed by atoms with E-state index in [1.807, 2.05) is 6.07 Å². The van der Waals surface area contributed by atoms with Crippen LogP contribution in [-0.4, -0.2) is 14.1 Å². The maximum atomic E-state index is 5.87. The Morgan fingerprint density at radius 1 is 1.00 bits per heavy atom. The lowest BCUT2D eigenvalue weighted by Crippen LogP contribution is -2.16. The molecule has 2 aromatic carbocycles. The number of rotatable bonds is 2. The first kappa shape index (κ1) is 12.9. The topological polar surface area (TPSA) is 32.5 Å². The normalized spacial score (nSPS) is 13.4. The van der Waals surface area contributed by atoms with Crippen molar-refractivity contribution in [2.24, 2.45) is 0 Å². The molecule has 3 nitrogen and oxygen atoms in total. The van der Waals surface area contributed by atoms with Gasteiger partial charge in [0.05, 0.1) is 0 Å². The van der Waals surface area contributed by atoms with Crippen LogP contribution in [0.25, 0.3) is 0 Å². The highest BCUT2D eigenvalue weighted by atomic mass is 15.1. The summed E-state index contributed by atoms with van der Waals surface area (Å²) in [5.74, 6) is 0. The minimum atomic E-state index is 0.850. The molecule has 1 aliphatic heterocycles. The zero-order valence-corrected chi connectivity index (χ0v) is 12.4. The Morgan fingerprint density at radius 2 is 1.75 bits per heavy atom. The summed E-state index contributed by atoms with van der Waals surface area (Å²) in [4.78, 5) is 4.57. The van der Waals surface area contributed by atoms with Crippen molar-refractivity contribution in [2.75, 3.05) is 29.6 Å². The fraction of sp³-hybridized carbons (Fsp3) is 0.294. The van der Waals surface area contributed by atoms with Crippen molar-refractivity contribution >= 4 is 17.1 Å². The second kappa shape index (κ2) is 4.75. The van der Waals surface area contributed by atoms with Crippen molar-refractivity contribution in [1.82, 2.24) is 0 Å². The van der Waals surface area contributed by atoms with Crippen LogP contribution in [0.15, 0.2) is 36.4 Å². The fourth-order valence-electron chi connectivity index (χ4n) is 2.87. The zero-order valence-electron chi connectivity index (χ0n) is 12.4. The van der Waals surface area contributed by atoms with E-state index >= 15 is 0 Å². The number of hydrogen-bond acceptors (Lipinski definition) is 3. The lowest BCUT2D eigenvalue weighted by Gasteiger charge is -2.22. The molecular weight excluding hydrogens is 246 g/mol. The maximum Gasteiger partial charge on any atom is 0.0437 e. The van der Waals surface area contributed by atoms with Gasteiger partial charge in [-0.2, -0.15) is 0 Å². The molecule has 2 aromatic rings. The van der Waals surface area contributed by atoms with Crippen molar-refractivity contribution in [3.63, 3.8) is 0 Å². The van der Waals surface area contributed by atoms with Crippen molar-refractivity contribution in [1.29, 1.82) is 0 Å². The summed E-state index contributed by atoms with van der Waals surface area (Å²) < 4.78 is 0. The van der Waals surface area contributed by atoms with Crippen LogP contribution in [0, 0.1) is 6.92 Å². The quantitative estimate of drug-likeness (QED) is 0.848. The van der Waals surface area contributed by atoms with Gasteiger partial charge in [-0.15, -0.1) is 0 Å². The first-order valence-electron chi connectivity index (χ1n) is 6.95. The van der Waals surface area contributed by atoms with Crippen LogP contribution in [-0.2, 0) is 13.1 Å². The third kappa shape index (κ3) is 2.20. The molecule has 0 fully saturated rings. The van der Waals surface area contributed by atoms with Crippen LogP contribution in [0.5, 0.6) is 0 Å². The second-order valence-corrected chi connectivity index (χ2v) is 5.75. The van der Waals surface area contributed by atoms with Gasteiger partial charge < -0.3 is 15.5 Å². The Bertz CT molecular complexity index is 647. The molecule has 1 heterocycles. The average molecular weight is 267 g/mol.